The highest BCUT2D eigenvalue weighted by atomic mass is 19.4. The molecule has 0 spiro atoms. The Hall–Kier alpha value is -2.06. The van der Waals surface area contributed by atoms with Crippen LogP contribution in [0, 0.1) is 0 Å². The number of halogens is 3. The second-order valence-corrected chi connectivity index (χ2v) is 3.85. The first kappa shape index (κ1) is 15.0. The molecular formula is C10H12F3N3O3. The van der Waals surface area contributed by atoms with E-state index in [-0.39, 0.29) is 6.42 Å². The van der Waals surface area contributed by atoms with E-state index in [0.29, 0.717) is 5.69 Å². The molecule has 0 aliphatic heterocycles. The number of alkyl halides is 3. The lowest BCUT2D eigenvalue weighted by Crippen LogP contribution is -2.42. The van der Waals surface area contributed by atoms with Crippen molar-refractivity contribution in [3.8, 4) is 0 Å². The lowest BCUT2D eigenvalue weighted by atomic mass is 10.1. The fourth-order valence-electron chi connectivity index (χ4n) is 1.34. The largest absolute Gasteiger partial charge is 0.480 e. The van der Waals surface area contributed by atoms with Crippen LogP contribution in [-0.4, -0.2) is 39.2 Å². The van der Waals surface area contributed by atoms with E-state index in [1.165, 1.54) is 12.5 Å². The number of aromatic amines is 1. The maximum absolute atomic E-state index is 11.9. The van der Waals surface area contributed by atoms with Crippen molar-refractivity contribution in [2.45, 2.75) is 31.5 Å². The van der Waals surface area contributed by atoms with Gasteiger partial charge in [-0.05, 0) is 0 Å². The topological polar surface area (TPSA) is 95.1 Å². The molecule has 1 aromatic heterocycles. The van der Waals surface area contributed by atoms with Crippen LogP contribution in [0.4, 0.5) is 13.2 Å². The van der Waals surface area contributed by atoms with Gasteiger partial charge in [0.25, 0.3) is 0 Å². The standard InChI is InChI=1S/C10H12F3N3O3/c11-10(12,13)2-1-8(17)16-7(9(18)19)3-6-4-14-5-15-6/h4-5,7H,1-3H2,(H,14,15)(H,16,17)(H,18,19)/t7-/m0/s1. The van der Waals surface area contributed by atoms with Crippen LogP contribution in [0.15, 0.2) is 12.5 Å². The maximum atomic E-state index is 11.9. The number of aromatic nitrogens is 2. The van der Waals surface area contributed by atoms with Crippen LogP contribution in [0.25, 0.3) is 0 Å². The zero-order valence-corrected chi connectivity index (χ0v) is 9.70. The van der Waals surface area contributed by atoms with Gasteiger partial charge in [-0.2, -0.15) is 13.2 Å². The summed E-state index contributed by atoms with van der Waals surface area (Å²) in [6.45, 7) is 0. The summed E-state index contributed by atoms with van der Waals surface area (Å²) in [5.74, 6) is -2.28. The van der Waals surface area contributed by atoms with E-state index < -0.39 is 36.9 Å². The summed E-state index contributed by atoms with van der Waals surface area (Å²) in [7, 11) is 0. The molecule has 19 heavy (non-hydrogen) atoms. The Kier molecular flexibility index (Phi) is 4.90. The molecule has 0 saturated carbocycles. The highest BCUT2D eigenvalue weighted by Crippen LogP contribution is 2.21. The predicted octanol–water partition coefficient (Wildman–Crippen LogP) is 0.864. The average Bonchev–Trinajstić information content (AvgIpc) is 2.77. The SMILES string of the molecule is O=C(CCC(F)(F)F)N[C@@H](Cc1cnc[nH]1)C(=O)O. The van der Waals surface area contributed by atoms with Gasteiger partial charge in [-0.25, -0.2) is 9.78 Å². The van der Waals surface area contributed by atoms with Crippen molar-refractivity contribution in [2.75, 3.05) is 0 Å². The Balaban J connectivity index is 2.49. The number of carbonyl (C=O) groups excluding carboxylic acids is 1. The first-order chi connectivity index (χ1) is 8.78. The van der Waals surface area contributed by atoms with Gasteiger partial charge in [0, 0.05) is 24.7 Å². The fraction of sp³-hybridized carbons (Fsp3) is 0.500. The van der Waals surface area contributed by atoms with E-state index in [2.05, 4.69) is 9.97 Å². The third kappa shape index (κ3) is 5.89. The lowest BCUT2D eigenvalue weighted by Gasteiger charge is -2.14. The van der Waals surface area contributed by atoms with Crippen LogP contribution in [0.3, 0.4) is 0 Å². The number of carboxylic acids is 1. The summed E-state index contributed by atoms with van der Waals surface area (Å²) < 4.78 is 35.7. The second kappa shape index (κ2) is 6.21. The smallest absolute Gasteiger partial charge is 0.389 e. The molecule has 1 rings (SSSR count). The minimum absolute atomic E-state index is 0.0763. The van der Waals surface area contributed by atoms with Gasteiger partial charge < -0.3 is 15.4 Å². The van der Waals surface area contributed by atoms with Gasteiger partial charge in [0.15, 0.2) is 0 Å². The molecule has 0 radical (unpaired) electrons. The van der Waals surface area contributed by atoms with Crippen molar-refractivity contribution < 1.29 is 27.9 Å². The Morgan fingerprint density at radius 1 is 1.47 bits per heavy atom. The summed E-state index contributed by atoms with van der Waals surface area (Å²) >= 11 is 0. The van der Waals surface area contributed by atoms with Crippen molar-refractivity contribution in [3.63, 3.8) is 0 Å². The zero-order chi connectivity index (χ0) is 14.5. The fourth-order valence-corrected chi connectivity index (χ4v) is 1.34. The van der Waals surface area contributed by atoms with Gasteiger partial charge in [0.1, 0.15) is 6.04 Å². The normalized spacial score (nSPS) is 13.0. The van der Waals surface area contributed by atoms with Crippen LogP contribution in [-0.2, 0) is 16.0 Å². The number of imidazole rings is 1. The predicted molar refractivity (Wildman–Crippen MR) is 57.1 cm³/mol. The molecule has 1 aromatic rings. The number of rotatable bonds is 6. The minimum atomic E-state index is -4.45. The van der Waals surface area contributed by atoms with Crippen LogP contribution < -0.4 is 5.32 Å². The molecule has 0 unspecified atom stereocenters. The van der Waals surface area contributed by atoms with E-state index in [0.717, 1.165) is 0 Å². The Bertz CT molecular complexity index is 431. The molecule has 0 bridgehead atoms. The summed E-state index contributed by atoms with van der Waals surface area (Å²) in [6, 6.07) is -1.29. The zero-order valence-electron chi connectivity index (χ0n) is 9.70. The summed E-state index contributed by atoms with van der Waals surface area (Å²) in [4.78, 5) is 28.4. The first-order valence-corrected chi connectivity index (χ1v) is 5.34. The average molecular weight is 279 g/mol. The summed E-state index contributed by atoms with van der Waals surface area (Å²) in [5.41, 5.74) is 0.462. The number of nitrogens with one attached hydrogen (secondary N) is 2. The Labute approximate surface area is 106 Å². The number of carboxylic acid groups (broad SMARTS) is 1. The number of hydrogen-bond acceptors (Lipinski definition) is 3. The van der Waals surface area contributed by atoms with Gasteiger partial charge in [0.05, 0.1) is 12.7 Å². The molecule has 1 heterocycles. The number of hydrogen-bond donors (Lipinski definition) is 3. The van der Waals surface area contributed by atoms with E-state index in [1.807, 2.05) is 5.32 Å². The van der Waals surface area contributed by atoms with Crippen molar-refractivity contribution in [3.05, 3.63) is 18.2 Å². The van der Waals surface area contributed by atoms with Gasteiger partial charge in [-0.15, -0.1) is 0 Å². The Morgan fingerprint density at radius 2 is 2.16 bits per heavy atom. The van der Waals surface area contributed by atoms with Crippen molar-refractivity contribution in [1.29, 1.82) is 0 Å². The van der Waals surface area contributed by atoms with Crippen LogP contribution in [0.2, 0.25) is 0 Å². The van der Waals surface area contributed by atoms with Gasteiger partial charge >= 0.3 is 12.1 Å². The molecule has 3 N–H and O–H groups in total. The summed E-state index contributed by atoms with van der Waals surface area (Å²) in [6.07, 6.45) is -3.89. The molecule has 1 amide bonds. The molecule has 6 nitrogen and oxygen atoms in total. The van der Waals surface area contributed by atoms with Crippen molar-refractivity contribution in [1.82, 2.24) is 15.3 Å². The van der Waals surface area contributed by atoms with E-state index in [4.69, 9.17) is 5.11 Å². The molecular weight excluding hydrogens is 267 g/mol. The van der Waals surface area contributed by atoms with E-state index in [1.54, 1.807) is 0 Å². The first-order valence-electron chi connectivity index (χ1n) is 5.34. The minimum Gasteiger partial charge on any atom is -0.480 e. The molecule has 0 saturated heterocycles. The third-order valence-corrected chi connectivity index (χ3v) is 2.25. The van der Waals surface area contributed by atoms with Gasteiger partial charge in [-0.1, -0.05) is 0 Å². The Morgan fingerprint density at radius 3 is 2.63 bits per heavy atom. The van der Waals surface area contributed by atoms with E-state index >= 15 is 0 Å². The molecule has 9 heteroatoms. The number of H-pyrrole nitrogens is 1. The molecule has 0 aliphatic rings. The van der Waals surface area contributed by atoms with E-state index in [9.17, 15) is 22.8 Å². The molecule has 0 aromatic carbocycles. The van der Waals surface area contributed by atoms with Crippen molar-refractivity contribution in [2.24, 2.45) is 0 Å². The maximum Gasteiger partial charge on any atom is 0.389 e. The van der Waals surface area contributed by atoms with Crippen LogP contribution in [0.1, 0.15) is 18.5 Å². The second-order valence-electron chi connectivity index (χ2n) is 3.85. The van der Waals surface area contributed by atoms with Crippen LogP contribution >= 0.6 is 0 Å². The van der Waals surface area contributed by atoms with Gasteiger partial charge in [-0.3, -0.25) is 4.79 Å². The molecule has 0 fully saturated rings. The number of aliphatic carboxylic acids is 1. The quantitative estimate of drug-likeness (QED) is 0.720. The molecule has 106 valence electrons. The monoisotopic (exact) mass is 279 g/mol. The third-order valence-electron chi connectivity index (χ3n) is 2.25. The van der Waals surface area contributed by atoms with Crippen molar-refractivity contribution >= 4 is 11.9 Å². The van der Waals surface area contributed by atoms with Crippen LogP contribution in [0.5, 0.6) is 0 Å². The number of nitrogens with zero attached hydrogens (tertiary/aromatic N) is 1. The molecule has 0 aliphatic carbocycles. The lowest BCUT2D eigenvalue weighted by molar-refractivity contribution is -0.146. The highest BCUT2D eigenvalue weighted by Gasteiger charge is 2.29. The number of carbonyl (C=O) groups is 2. The van der Waals surface area contributed by atoms with Gasteiger partial charge in [0.2, 0.25) is 5.91 Å². The molecule has 1 atom stereocenters. The number of amides is 1. The highest BCUT2D eigenvalue weighted by molar-refractivity contribution is 5.83. The summed E-state index contributed by atoms with van der Waals surface area (Å²) in [5, 5.41) is 10.9.